The quantitative estimate of drug-likeness (QED) is 0.819. The molecular weight excluding hydrogens is 268 g/mol. The molecule has 0 spiro atoms. The molecule has 0 bridgehead atoms. The van der Waals surface area contributed by atoms with Gasteiger partial charge in [0.15, 0.2) is 4.67 Å². The minimum absolute atomic E-state index is 0.508. The van der Waals surface area contributed by atoms with Gasteiger partial charge >= 0.3 is 0 Å². The monoisotopic (exact) mass is 284 g/mol. The van der Waals surface area contributed by atoms with Gasteiger partial charge in [-0.25, -0.2) is 0 Å². The predicted molar refractivity (Wildman–Crippen MR) is 67.2 cm³/mol. The molecule has 16 heavy (non-hydrogen) atoms. The first-order chi connectivity index (χ1) is 7.79. The van der Waals surface area contributed by atoms with E-state index in [4.69, 9.17) is 4.42 Å². The van der Waals surface area contributed by atoms with Crippen LogP contribution in [0.25, 0.3) is 0 Å². The van der Waals surface area contributed by atoms with Crippen molar-refractivity contribution in [3.8, 4) is 0 Å². The van der Waals surface area contributed by atoms with E-state index in [1.165, 1.54) is 25.7 Å². The highest BCUT2D eigenvalue weighted by atomic mass is 79.9. The van der Waals surface area contributed by atoms with Crippen molar-refractivity contribution in [3.63, 3.8) is 0 Å². The Hall–Kier alpha value is -0.540. The van der Waals surface area contributed by atoms with Crippen LogP contribution in [0.1, 0.15) is 50.2 Å². The fourth-order valence-corrected chi connectivity index (χ4v) is 2.62. The van der Waals surface area contributed by atoms with Crippen molar-refractivity contribution >= 4 is 15.9 Å². The molecule has 88 valence electrons. The molecule has 1 aliphatic carbocycles. The number of rotatable bonds is 2. The lowest BCUT2D eigenvalue weighted by atomic mass is 9.94. The molecule has 0 aromatic carbocycles. The summed E-state index contributed by atoms with van der Waals surface area (Å²) in [6.07, 6.45) is 10.4. The summed E-state index contributed by atoms with van der Waals surface area (Å²) in [5.74, 6) is 0. The number of aliphatic hydroxyl groups excluding tert-OH is 1. The molecular formula is C13H17BrO2. The van der Waals surface area contributed by atoms with Gasteiger partial charge in [-0.05, 0) is 53.3 Å². The molecule has 2 nitrogen and oxygen atoms in total. The molecule has 3 heteroatoms. The Balaban J connectivity index is 2.13. The average Bonchev–Trinajstić information content (AvgIpc) is 2.63. The van der Waals surface area contributed by atoms with Crippen LogP contribution in [0.4, 0.5) is 0 Å². The lowest BCUT2D eigenvalue weighted by Crippen LogP contribution is -2.03. The zero-order valence-electron chi connectivity index (χ0n) is 9.29. The van der Waals surface area contributed by atoms with E-state index in [2.05, 4.69) is 22.0 Å². The number of halogens is 1. The maximum absolute atomic E-state index is 10.3. The van der Waals surface area contributed by atoms with Crippen molar-refractivity contribution < 1.29 is 9.52 Å². The van der Waals surface area contributed by atoms with E-state index >= 15 is 0 Å². The largest absolute Gasteiger partial charge is 0.457 e. The van der Waals surface area contributed by atoms with Crippen LogP contribution < -0.4 is 0 Å². The lowest BCUT2D eigenvalue weighted by molar-refractivity contribution is 0.207. The highest BCUT2D eigenvalue weighted by molar-refractivity contribution is 9.10. The van der Waals surface area contributed by atoms with Gasteiger partial charge in [-0.3, -0.25) is 0 Å². The van der Waals surface area contributed by atoms with Crippen LogP contribution in [0.3, 0.4) is 0 Å². The van der Waals surface area contributed by atoms with Gasteiger partial charge < -0.3 is 9.52 Å². The van der Waals surface area contributed by atoms with Gasteiger partial charge in [-0.1, -0.05) is 18.9 Å². The van der Waals surface area contributed by atoms with Crippen LogP contribution in [-0.2, 0) is 0 Å². The molecule has 1 aromatic rings. The highest BCUT2D eigenvalue weighted by Crippen LogP contribution is 2.33. The number of aliphatic hydroxyl groups is 1. The zero-order valence-corrected chi connectivity index (χ0v) is 10.9. The van der Waals surface area contributed by atoms with Crippen LogP contribution in [-0.4, -0.2) is 5.11 Å². The molecule has 1 unspecified atom stereocenters. The van der Waals surface area contributed by atoms with Gasteiger partial charge in [-0.2, -0.15) is 0 Å². The van der Waals surface area contributed by atoms with Crippen LogP contribution in [0, 0.1) is 0 Å². The van der Waals surface area contributed by atoms with Crippen molar-refractivity contribution in [2.24, 2.45) is 0 Å². The first-order valence-corrected chi connectivity index (χ1v) is 6.68. The molecule has 1 heterocycles. The number of furan rings is 1. The fraction of sp³-hybridized carbons (Fsp3) is 0.538. The molecule has 1 N–H and O–H groups in total. The lowest BCUT2D eigenvalue weighted by Gasteiger charge is -2.16. The third-order valence-electron chi connectivity index (χ3n) is 3.12. The van der Waals surface area contributed by atoms with Crippen LogP contribution in [0.15, 0.2) is 33.1 Å². The van der Waals surface area contributed by atoms with E-state index in [1.807, 2.05) is 6.07 Å². The summed E-state index contributed by atoms with van der Waals surface area (Å²) < 4.78 is 5.80. The maximum Gasteiger partial charge on any atom is 0.175 e. The molecule has 0 radical (unpaired) electrons. The summed E-state index contributed by atoms with van der Waals surface area (Å²) in [7, 11) is 0. The Bertz CT molecular complexity index is 368. The molecule has 1 aromatic heterocycles. The molecule has 0 fully saturated rings. The normalized spacial score (nSPS) is 23.0. The molecule has 0 saturated heterocycles. The minimum Gasteiger partial charge on any atom is -0.457 e. The number of hydrogen-bond donors (Lipinski definition) is 1. The highest BCUT2D eigenvalue weighted by Gasteiger charge is 2.18. The summed E-state index contributed by atoms with van der Waals surface area (Å²) >= 11 is 3.31. The standard InChI is InChI=1S/C13H17BrO2/c14-13-11(8-9-16-13)12(15)10-6-4-2-1-3-5-7-10/h6,8-9,12,15H,1-5,7H2/b10-6+. The summed E-state index contributed by atoms with van der Waals surface area (Å²) in [6, 6.07) is 1.83. The van der Waals surface area contributed by atoms with E-state index in [-0.39, 0.29) is 0 Å². The molecule has 0 amide bonds. The zero-order chi connectivity index (χ0) is 11.4. The minimum atomic E-state index is -0.508. The number of hydrogen-bond acceptors (Lipinski definition) is 2. The SMILES string of the molecule is OC(/C1=C/CCCCCC1)c1ccoc1Br. The summed E-state index contributed by atoms with van der Waals surface area (Å²) in [5.41, 5.74) is 1.98. The van der Waals surface area contributed by atoms with Gasteiger partial charge in [0.25, 0.3) is 0 Å². The van der Waals surface area contributed by atoms with Crippen molar-refractivity contribution in [2.75, 3.05) is 0 Å². The Morgan fingerprint density at radius 1 is 1.25 bits per heavy atom. The molecule has 0 aliphatic heterocycles. The van der Waals surface area contributed by atoms with Gasteiger partial charge in [-0.15, -0.1) is 0 Å². The van der Waals surface area contributed by atoms with E-state index in [0.717, 1.165) is 24.0 Å². The molecule has 0 saturated carbocycles. The van der Waals surface area contributed by atoms with Crippen LogP contribution in [0.5, 0.6) is 0 Å². The van der Waals surface area contributed by atoms with Crippen LogP contribution in [0.2, 0.25) is 0 Å². The third kappa shape index (κ3) is 2.77. The summed E-state index contributed by atoms with van der Waals surface area (Å²) in [5, 5.41) is 10.3. The van der Waals surface area contributed by atoms with Crippen molar-refractivity contribution in [1.82, 2.24) is 0 Å². The topological polar surface area (TPSA) is 33.4 Å². The van der Waals surface area contributed by atoms with Gasteiger partial charge in [0.2, 0.25) is 0 Å². The van der Waals surface area contributed by atoms with Crippen molar-refractivity contribution in [3.05, 3.63) is 34.2 Å². The maximum atomic E-state index is 10.3. The van der Waals surface area contributed by atoms with E-state index in [1.54, 1.807) is 6.26 Å². The Kier molecular flexibility index (Phi) is 4.24. The fourth-order valence-electron chi connectivity index (χ4n) is 2.16. The van der Waals surface area contributed by atoms with E-state index in [0.29, 0.717) is 4.67 Å². The van der Waals surface area contributed by atoms with Crippen molar-refractivity contribution in [2.45, 2.75) is 44.6 Å². The van der Waals surface area contributed by atoms with Gasteiger partial charge in [0.05, 0.1) is 6.26 Å². The second-order valence-electron chi connectivity index (χ2n) is 4.28. The Morgan fingerprint density at radius 2 is 2.06 bits per heavy atom. The number of allylic oxidation sites excluding steroid dienone is 1. The van der Waals surface area contributed by atoms with Crippen molar-refractivity contribution in [1.29, 1.82) is 0 Å². The predicted octanol–water partition coefficient (Wildman–Crippen LogP) is 4.36. The Morgan fingerprint density at radius 3 is 2.81 bits per heavy atom. The molecule has 1 atom stereocenters. The van der Waals surface area contributed by atoms with Crippen LogP contribution >= 0.6 is 15.9 Å². The first-order valence-electron chi connectivity index (χ1n) is 5.89. The van der Waals surface area contributed by atoms with Gasteiger partial charge in [0.1, 0.15) is 6.10 Å². The average molecular weight is 285 g/mol. The van der Waals surface area contributed by atoms with E-state index in [9.17, 15) is 5.11 Å². The third-order valence-corrected chi connectivity index (χ3v) is 3.76. The second-order valence-corrected chi connectivity index (χ2v) is 5.00. The van der Waals surface area contributed by atoms with E-state index < -0.39 is 6.10 Å². The molecule has 2 rings (SSSR count). The first kappa shape index (κ1) is 11.9. The van der Waals surface area contributed by atoms with Gasteiger partial charge in [0, 0.05) is 5.56 Å². The second kappa shape index (κ2) is 5.69. The summed E-state index contributed by atoms with van der Waals surface area (Å²) in [4.78, 5) is 0. The molecule has 1 aliphatic rings. The summed E-state index contributed by atoms with van der Waals surface area (Å²) in [6.45, 7) is 0. The Labute approximate surface area is 104 Å². The smallest absolute Gasteiger partial charge is 0.175 e.